The van der Waals surface area contributed by atoms with Crippen LogP contribution >= 0.6 is 0 Å². The van der Waals surface area contributed by atoms with Crippen LogP contribution in [0.4, 0.5) is 8.78 Å². The van der Waals surface area contributed by atoms with E-state index in [9.17, 15) is 17.8 Å². The van der Waals surface area contributed by atoms with E-state index in [1.165, 1.54) is 0 Å². The third-order valence-electron chi connectivity index (χ3n) is 4.29. The first-order valence-corrected chi connectivity index (χ1v) is 9.82. The van der Waals surface area contributed by atoms with Crippen LogP contribution in [0.2, 0.25) is 0 Å². The molecule has 5 nitrogen and oxygen atoms in total. The lowest BCUT2D eigenvalue weighted by molar-refractivity contribution is 0.0950. The van der Waals surface area contributed by atoms with Crippen LogP contribution in [0, 0.1) is 11.6 Å². The maximum absolute atomic E-state index is 13.3. The molecular weight excluding hydrogens is 396 g/mol. The molecule has 0 radical (unpaired) electrons. The lowest BCUT2D eigenvalue weighted by atomic mass is 10.2. The van der Waals surface area contributed by atoms with Crippen molar-refractivity contribution in [1.82, 2.24) is 14.7 Å². The topological polar surface area (TPSA) is 63.5 Å². The normalized spacial score (nSPS) is 12.1. The first kappa shape index (κ1) is 18.9. The summed E-state index contributed by atoms with van der Waals surface area (Å²) >= 11 is 0. The largest absolute Gasteiger partial charge is 0.348 e. The van der Waals surface area contributed by atoms with E-state index in [0.29, 0.717) is 10.5 Å². The highest BCUT2D eigenvalue weighted by Crippen LogP contribution is 2.19. The van der Waals surface area contributed by atoms with Crippen molar-refractivity contribution in [3.05, 3.63) is 95.9 Å². The second-order valence-electron chi connectivity index (χ2n) is 6.31. The number of rotatable bonds is 5. The molecule has 0 fully saturated rings. The van der Waals surface area contributed by atoms with E-state index in [2.05, 4.69) is 10.3 Å². The van der Waals surface area contributed by atoms with Crippen molar-refractivity contribution in [3.63, 3.8) is 0 Å². The van der Waals surface area contributed by atoms with Gasteiger partial charge in [0.05, 0.1) is 16.4 Å². The third kappa shape index (κ3) is 4.22. The molecule has 0 saturated carbocycles. The van der Waals surface area contributed by atoms with Crippen molar-refractivity contribution in [2.45, 2.75) is 16.3 Å². The number of nitrogens with zero attached hydrogens (tertiary/aromatic N) is 2. The highest BCUT2D eigenvalue weighted by atomic mass is 32.2. The van der Waals surface area contributed by atoms with Gasteiger partial charge >= 0.3 is 0 Å². The summed E-state index contributed by atoms with van der Waals surface area (Å²) in [6.07, 6.45) is 5.11. The molecule has 0 spiro atoms. The summed E-state index contributed by atoms with van der Waals surface area (Å²) in [6.45, 7) is 0.280. The maximum atomic E-state index is 13.3. The molecule has 2 aromatic carbocycles. The van der Waals surface area contributed by atoms with E-state index in [1.54, 1.807) is 59.4 Å². The Morgan fingerprint density at radius 2 is 1.72 bits per heavy atom. The smallest absolute Gasteiger partial charge is 0.253 e. The van der Waals surface area contributed by atoms with Crippen LogP contribution in [-0.2, 0) is 17.3 Å². The van der Waals surface area contributed by atoms with Crippen molar-refractivity contribution >= 4 is 22.4 Å². The molecule has 0 bridgehead atoms. The molecule has 1 unspecified atom stereocenters. The standard InChI is InChI=1S/C21H15F2N3O2S/c22-16-9-17(23)11-19(10-16)29(28)18-4-1-14(2-5-18)12-25-21(27)15-3-6-20-24-7-8-26(20)13-15/h1-11,13H,12H2,(H,25,27). The number of halogens is 2. The summed E-state index contributed by atoms with van der Waals surface area (Å²) in [7, 11) is -1.70. The van der Waals surface area contributed by atoms with Crippen molar-refractivity contribution in [2.24, 2.45) is 0 Å². The molecule has 1 atom stereocenters. The Bertz CT molecular complexity index is 1200. The summed E-state index contributed by atoms with van der Waals surface area (Å²) in [4.78, 5) is 16.9. The zero-order valence-electron chi connectivity index (χ0n) is 15.0. The molecule has 1 N–H and O–H groups in total. The minimum Gasteiger partial charge on any atom is -0.348 e. The number of fused-ring (bicyclic) bond motifs is 1. The van der Waals surface area contributed by atoms with E-state index in [-0.39, 0.29) is 17.3 Å². The van der Waals surface area contributed by atoms with Crippen LogP contribution in [-0.4, -0.2) is 19.5 Å². The SMILES string of the molecule is O=C(NCc1ccc(S(=O)c2cc(F)cc(F)c2)cc1)c1ccc2nccn2c1. The number of benzene rings is 2. The number of amides is 1. The first-order chi connectivity index (χ1) is 14.0. The highest BCUT2D eigenvalue weighted by molar-refractivity contribution is 7.85. The fourth-order valence-corrected chi connectivity index (χ4v) is 3.94. The molecule has 0 saturated heterocycles. The number of aromatic nitrogens is 2. The van der Waals surface area contributed by atoms with Crippen molar-refractivity contribution < 1.29 is 17.8 Å². The van der Waals surface area contributed by atoms with Gasteiger partial charge in [-0.25, -0.2) is 18.0 Å². The fourth-order valence-electron chi connectivity index (χ4n) is 2.84. The highest BCUT2D eigenvalue weighted by Gasteiger charge is 2.11. The number of carbonyl (C=O) groups is 1. The fraction of sp³-hybridized carbons (Fsp3) is 0.0476. The zero-order chi connectivity index (χ0) is 20.4. The lowest BCUT2D eigenvalue weighted by Crippen LogP contribution is -2.23. The molecule has 4 rings (SSSR count). The Kier molecular flexibility index (Phi) is 5.18. The van der Waals surface area contributed by atoms with E-state index >= 15 is 0 Å². The minimum absolute atomic E-state index is 0.0541. The summed E-state index contributed by atoms with van der Waals surface area (Å²) in [5, 5.41) is 2.82. The van der Waals surface area contributed by atoms with Crippen LogP contribution in [0.15, 0.2) is 83.0 Å². The van der Waals surface area contributed by atoms with Gasteiger partial charge in [-0.3, -0.25) is 4.79 Å². The van der Waals surface area contributed by atoms with E-state index < -0.39 is 22.4 Å². The number of pyridine rings is 1. The molecule has 0 aliphatic rings. The maximum Gasteiger partial charge on any atom is 0.253 e. The van der Waals surface area contributed by atoms with Crippen molar-refractivity contribution in [2.75, 3.05) is 0 Å². The molecule has 29 heavy (non-hydrogen) atoms. The van der Waals surface area contributed by atoms with E-state index in [4.69, 9.17) is 0 Å². The van der Waals surface area contributed by atoms with Crippen LogP contribution in [0.3, 0.4) is 0 Å². The van der Waals surface area contributed by atoms with Gasteiger partial charge in [0.25, 0.3) is 5.91 Å². The second kappa shape index (κ2) is 7.92. The molecule has 2 heterocycles. The number of nitrogens with one attached hydrogen (secondary N) is 1. The van der Waals surface area contributed by atoms with Crippen LogP contribution in [0.25, 0.3) is 5.65 Å². The Labute approximate surface area is 167 Å². The molecular formula is C21H15F2N3O2S. The summed E-state index contributed by atoms with van der Waals surface area (Å²) in [6, 6.07) is 12.9. The van der Waals surface area contributed by atoms with Gasteiger partial charge in [-0.1, -0.05) is 12.1 Å². The van der Waals surface area contributed by atoms with Gasteiger partial charge in [-0.05, 0) is 42.0 Å². The lowest BCUT2D eigenvalue weighted by Gasteiger charge is -2.08. The van der Waals surface area contributed by atoms with Crippen LogP contribution in [0.1, 0.15) is 15.9 Å². The molecule has 0 aliphatic heterocycles. The Balaban J connectivity index is 1.42. The Morgan fingerprint density at radius 3 is 2.45 bits per heavy atom. The third-order valence-corrected chi connectivity index (χ3v) is 5.66. The predicted octanol–water partition coefficient (Wildman–Crippen LogP) is 3.71. The molecule has 146 valence electrons. The minimum atomic E-state index is -1.70. The van der Waals surface area contributed by atoms with Crippen molar-refractivity contribution in [1.29, 1.82) is 0 Å². The summed E-state index contributed by atoms with van der Waals surface area (Å²) < 4.78 is 40.9. The monoisotopic (exact) mass is 411 g/mol. The van der Waals surface area contributed by atoms with Gasteiger partial charge in [0.2, 0.25) is 0 Å². The summed E-state index contributed by atoms with van der Waals surface area (Å²) in [5.74, 6) is -1.79. The zero-order valence-corrected chi connectivity index (χ0v) is 15.8. The number of imidazole rings is 1. The Hall–Kier alpha value is -3.39. The molecule has 8 heteroatoms. The first-order valence-electron chi connectivity index (χ1n) is 8.67. The molecule has 0 aliphatic carbocycles. The van der Waals surface area contributed by atoms with Gasteiger partial charge in [0.15, 0.2) is 0 Å². The second-order valence-corrected chi connectivity index (χ2v) is 7.79. The van der Waals surface area contributed by atoms with Crippen molar-refractivity contribution in [3.8, 4) is 0 Å². The quantitative estimate of drug-likeness (QED) is 0.545. The average Bonchev–Trinajstić information content (AvgIpc) is 3.19. The van der Waals surface area contributed by atoms with E-state index in [0.717, 1.165) is 29.4 Å². The van der Waals surface area contributed by atoms with Crippen LogP contribution < -0.4 is 5.32 Å². The predicted molar refractivity (Wildman–Crippen MR) is 104 cm³/mol. The van der Waals surface area contributed by atoms with Gasteiger partial charge in [-0.2, -0.15) is 0 Å². The summed E-state index contributed by atoms with van der Waals surface area (Å²) in [5.41, 5.74) is 2.05. The molecule has 2 aromatic heterocycles. The van der Waals surface area contributed by atoms with Gasteiger partial charge in [-0.15, -0.1) is 0 Å². The number of hydrogen-bond donors (Lipinski definition) is 1. The average molecular weight is 411 g/mol. The number of carbonyl (C=O) groups excluding carboxylic acids is 1. The Morgan fingerprint density at radius 1 is 1.00 bits per heavy atom. The molecule has 4 aromatic rings. The molecule has 1 amide bonds. The van der Waals surface area contributed by atoms with E-state index in [1.807, 2.05) is 0 Å². The van der Waals surface area contributed by atoms with Gasteiger partial charge < -0.3 is 9.72 Å². The van der Waals surface area contributed by atoms with Gasteiger partial charge in [0.1, 0.15) is 17.3 Å². The van der Waals surface area contributed by atoms with Crippen LogP contribution in [0.5, 0.6) is 0 Å². The number of hydrogen-bond acceptors (Lipinski definition) is 3. The van der Waals surface area contributed by atoms with Gasteiger partial charge in [0, 0.05) is 41.0 Å².